The first kappa shape index (κ1) is 18.7. The molecule has 6 heteroatoms. The van der Waals surface area contributed by atoms with Crippen molar-refractivity contribution in [2.45, 2.75) is 39.0 Å². The van der Waals surface area contributed by atoms with E-state index in [-0.39, 0.29) is 11.8 Å². The minimum Gasteiger partial charge on any atom is -0.356 e. The number of hydrogen-bond acceptors (Lipinski definition) is 3. The van der Waals surface area contributed by atoms with Crippen LogP contribution < -0.4 is 10.6 Å². The molecule has 2 rings (SSSR count). The van der Waals surface area contributed by atoms with E-state index in [1.54, 1.807) is 6.20 Å². The first-order valence-electron chi connectivity index (χ1n) is 8.75. The van der Waals surface area contributed by atoms with Crippen molar-refractivity contribution in [1.82, 2.24) is 20.4 Å². The van der Waals surface area contributed by atoms with Crippen LogP contribution >= 0.6 is 0 Å². The van der Waals surface area contributed by atoms with Crippen molar-refractivity contribution in [1.29, 1.82) is 0 Å². The summed E-state index contributed by atoms with van der Waals surface area (Å²) >= 11 is 0. The van der Waals surface area contributed by atoms with E-state index in [4.69, 9.17) is 0 Å². The molecule has 6 nitrogen and oxygen atoms in total. The second kappa shape index (κ2) is 10.3. The highest BCUT2D eigenvalue weighted by atomic mass is 16.2. The van der Waals surface area contributed by atoms with Crippen LogP contribution in [-0.2, 0) is 16.0 Å². The van der Waals surface area contributed by atoms with Gasteiger partial charge in [-0.15, -0.1) is 0 Å². The lowest BCUT2D eigenvalue weighted by atomic mass is 10.1. The summed E-state index contributed by atoms with van der Waals surface area (Å²) in [5.74, 6) is 0.0862. The first-order chi connectivity index (χ1) is 12.1. The Balaban J connectivity index is 1.57. The average Bonchev–Trinajstić information content (AvgIpc) is 3.13. The van der Waals surface area contributed by atoms with Crippen molar-refractivity contribution >= 4 is 11.8 Å². The van der Waals surface area contributed by atoms with Crippen LogP contribution in [0.4, 0.5) is 0 Å². The van der Waals surface area contributed by atoms with Crippen molar-refractivity contribution in [3.05, 3.63) is 48.3 Å². The molecule has 0 radical (unpaired) electrons. The molecule has 0 saturated heterocycles. The van der Waals surface area contributed by atoms with E-state index in [0.29, 0.717) is 19.5 Å². The quantitative estimate of drug-likeness (QED) is 0.650. The molecule has 0 aliphatic heterocycles. The summed E-state index contributed by atoms with van der Waals surface area (Å²) in [6, 6.07) is 10.1. The van der Waals surface area contributed by atoms with Gasteiger partial charge in [-0.1, -0.05) is 18.6 Å². The Labute approximate surface area is 148 Å². The monoisotopic (exact) mass is 342 g/mol. The Kier molecular flexibility index (Phi) is 7.69. The van der Waals surface area contributed by atoms with Gasteiger partial charge in [-0.3, -0.25) is 9.59 Å². The lowest BCUT2D eigenvalue weighted by Crippen LogP contribution is -2.25. The summed E-state index contributed by atoms with van der Waals surface area (Å²) in [6.45, 7) is 2.84. The predicted octanol–water partition coefficient (Wildman–Crippen LogP) is 2.23. The Morgan fingerprint density at radius 2 is 1.84 bits per heavy atom. The van der Waals surface area contributed by atoms with Crippen molar-refractivity contribution in [3.63, 3.8) is 0 Å². The molecule has 2 aromatic rings. The summed E-state index contributed by atoms with van der Waals surface area (Å²) < 4.78 is 1.82. The molecule has 2 N–H and O–H groups in total. The molecular weight excluding hydrogens is 316 g/mol. The third-order valence-corrected chi connectivity index (χ3v) is 3.90. The highest BCUT2D eigenvalue weighted by Gasteiger charge is 2.02. The van der Waals surface area contributed by atoms with E-state index in [0.717, 1.165) is 31.4 Å². The molecular formula is C19H26N4O2. The highest BCUT2D eigenvalue weighted by molar-refractivity contribution is 5.75. The first-order valence-corrected chi connectivity index (χ1v) is 8.75. The van der Waals surface area contributed by atoms with Crippen molar-refractivity contribution in [3.8, 4) is 5.69 Å². The number of aromatic nitrogens is 2. The van der Waals surface area contributed by atoms with Crippen LogP contribution in [0.5, 0.6) is 0 Å². The fourth-order valence-electron chi connectivity index (χ4n) is 2.52. The van der Waals surface area contributed by atoms with Gasteiger partial charge < -0.3 is 10.6 Å². The van der Waals surface area contributed by atoms with Gasteiger partial charge in [0.1, 0.15) is 0 Å². The summed E-state index contributed by atoms with van der Waals surface area (Å²) in [5.41, 5.74) is 2.21. The maximum Gasteiger partial charge on any atom is 0.220 e. The largest absolute Gasteiger partial charge is 0.356 e. The van der Waals surface area contributed by atoms with Gasteiger partial charge in [0.15, 0.2) is 0 Å². The molecule has 1 aromatic carbocycles. The third-order valence-electron chi connectivity index (χ3n) is 3.90. The maximum atomic E-state index is 11.8. The van der Waals surface area contributed by atoms with Crippen LogP contribution in [-0.4, -0.2) is 34.7 Å². The standard InChI is InChI=1S/C19H26N4O2/c1-16(24)20-12-4-2-3-6-19(25)21-14-11-17-7-9-18(10-8-17)23-15-5-13-22-23/h5,7-10,13,15H,2-4,6,11-12,14H2,1H3,(H,20,24)(H,21,25). The van der Waals surface area contributed by atoms with Gasteiger partial charge in [0.05, 0.1) is 5.69 Å². The van der Waals surface area contributed by atoms with E-state index < -0.39 is 0 Å². The maximum absolute atomic E-state index is 11.8. The summed E-state index contributed by atoms with van der Waals surface area (Å²) in [7, 11) is 0. The number of nitrogens with zero attached hydrogens (tertiary/aromatic N) is 2. The van der Waals surface area contributed by atoms with Crippen LogP contribution in [0.2, 0.25) is 0 Å². The predicted molar refractivity (Wildman–Crippen MR) is 97.4 cm³/mol. The zero-order valence-electron chi connectivity index (χ0n) is 14.7. The molecule has 2 amide bonds. The lowest BCUT2D eigenvalue weighted by molar-refractivity contribution is -0.121. The van der Waals surface area contributed by atoms with Gasteiger partial charge >= 0.3 is 0 Å². The Morgan fingerprint density at radius 3 is 2.52 bits per heavy atom. The molecule has 0 aliphatic carbocycles. The second-order valence-corrected chi connectivity index (χ2v) is 6.01. The number of benzene rings is 1. The molecule has 0 spiro atoms. The minimum atomic E-state index is -0.00426. The topological polar surface area (TPSA) is 76.0 Å². The molecule has 1 heterocycles. The van der Waals surface area contributed by atoms with Crippen LogP contribution in [0, 0.1) is 0 Å². The molecule has 0 fully saturated rings. The van der Waals surface area contributed by atoms with Crippen LogP contribution in [0.15, 0.2) is 42.7 Å². The number of hydrogen-bond donors (Lipinski definition) is 2. The summed E-state index contributed by atoms with van der Waals surface area (Å²) in [6.07, 6.45) is 7.72. The third kappa shape index (κ3) is 7.20. The van der Waals surface area contributed by atoms with Gasteiger partial charge in [-0.25, -0.2) is 4.68 Å². The van der Waals surface area contributed by atoms with E-state index in [2.05, 4.69) is 27.9 Å². The van der Waals surface area contributed by atoms with E-state index in [1.165, 1.54) is 12.5 Å². The molecule has 0 bridgehead atoms. The van der Waals surface area contributed by atoms with Gasteiger partial charge in [-0.2, -0.15) is 5.10 Å². The normalized spacial score (nSPS) is 10.4. The van der Waals surface area contributed by atoms with Crippen LogP contribution in [0.1, 0.15) is 38.2 Å². The second-order valence-electron chi connectivity index (χ2n) is 6.01. The van der Waals surface area contributed by atoms with Crippen LogP contribution in [0.25, 0.3) is 5.69 Å². The van der Waals surface area contributed by atoms with Gasteiger partial charge in [0.2, 0.25) is 11.8 Å². The number of nitrogens with one attached hydrogen (secondary N) is 2. The van der Waals surface area contributed by atoms with Gasteiger partial charge in [0, 0.05) is 38.8 Å². The number of carbonyl (C=O) groups excluding carboxylic acids is 2. The van der Waals surface area contributed by atoms with Crippen LogP contribution in [0.3, 0.4) is 0 Å². The zero-order chi connectivity index (χ0) is 17.9. The molecule has 0 saturated carbocycles. The number of rotatable bonds is 10. The average molecular weight is 342 g/mol. The van der Waals surface area contributed by atoms with E-state index in [1.807, 2.05) is 29.1 Å². The van der Waals surface area contributed by atoms with E-state index >= 15 is 0 Å². The number of carbonyl (C=O) groups is 2. The SMILES string of the molecule is CC(=O)NCCCCCC(=O)NCCc1ccc(-n2cccn2)cc1. The molecule has 134 valence electrons. The van der Waals surface area contributed by atoms with Gasteiger partial charge in [0.25, 0.3) is 0 Å². The minimum absolute atomic E-state index is 0.00426. The number of amides is 2. The molecule has 0 atom stereocenters. The molecule has 0 aliphatic rings. The molecule has 1 aromatic heterocycles. The van der Waals surface area contributed by atoms with Gasteiger partial charge in [-0.05, 0) is 43.0 Å². The molecule has 0 unspecified atom stereocenters. The van der Waals surface area contributed by atoms with E-state index in [9.17, 15) is 9.59 Å². The smallest absolute Gasteiger partial charge is 0.220 e. The Bertz CT molecular complexity index is 651. The number of unbranched alkanes of at least 4 members (excludes halogenated alkanes) is 2. The summed E-state index contributed by atoms with van der Waals surface area (Å²) in [4.78, 5) is 22.5. The Morgan fingerprint density at radius 1 is 1.04 bits per heavy atom. The van der Waals surface area contributed by atoms with Crippen molar-refractivity contribution in [2.24, 2.45) is 0 Å². The van der Waals surface area contributed by atoms with Crippen molar-refractivity contribution < 1.29 is 9.59 Å². The molecule has 25 heavy (non-hydrogen) atoms. The fourth-order valence-corrected chi connectivity index (χ4v) is 2.52. The van der Waals surface area contributed by atoms with Crippen molar-refractivity contribution in [2.75, 3.05) is 13.1 Å². The zero-order valence-corrected chi connectivity index (χ0v) is 14.7. The highest BCUT2D eigenvalue weighted by Crippen LogP contribution is 2.09. The fraction of sp³-hybridized carbons (Fsp3) is 0.421. The lowest BCUT2D eigenvalue weighted by Gasteiger charge is -2.07. The summed E-state index contributed by atoms with van der Waals surface area (Å²) in [5, 5.41) is 9.91. The Hall–Kier alpha value is -2.63.